The van der Waals surface area contributed by atoms with Crippen molar-refractivity contribution < 1.29 is 0 Å². The highest BCUT2D eigenvalue weighted by molar-refractivity contribution is 4.84. The van der Waals surface area contributed by atoms with Gasteiger partial charge in [-0.25, -0.2) is 0 Å². The van der Waals surface area contributed by atoms with Crippen molar-refractivity contribution in [1.29, 1.82) is 0 Å². The molecule has 0 N–H and O–H groups in total. The first kappa shape index (κ1) is 8.62. The molecule has 0 aromatic heterocycles. The van der Waals surface area contributed by atoms with Gasteiger partial charge in [-0.1, -0.05) is 38.7 Å². The van der Waals surface area contributed by atoms with Gasteiger partial charge in [-0.05, 0) is 24.8 Å². The molecule has 1 aliphatic rings. The highest BCUT2D eigenvalue weighted by atomic mass is 14.1. The summed E-state index contributed by atoms with van der Waals surface area (Å²) in [5.41, 5.74) is 2.91. The molecule has 0 heterocycles. The Bertz CT molecular complexity index is 132. The first-order valence-corrected chi connectivity index (χ1v) is 4.79. The number of hydrogen-bond acceptors (Lipinski definition) is 0. The molecule has 0 amide bonds. The third-order valence-corrected chi connectivity index (χ3v) is 2.50. The van der Waals surface area contributed by atoms with Gasteiger partial charge in [0.2, 0.25) is 0 Å². The molecular formula is C11H18. The fraction of sp³-hybridized carbons (Fsp3) is 0.727. The molecule has 0 aromatic carbocycles. The zero-order valence-electron chi connectivity index (χ0n) is 7.31. The summed E-state index contributed by atoms with van der Waals surface area (Å²) >= 11 is 0. The maximum Gasteiger partial charge on any atom is -0.0158 e. The minimum absolute atomic E-state index is 0.785. The van der Waals surface area contributed by atoms with Crippen molar-refractivity contribution in [2.75, 3.05) is 0 Å². The number of rotatable bonds is 1. The summed E-state index contributed by atoms with van der Waals surface area (Å²) in [6, 6.07) is 0. The van der Waals surface area contributed by atoms with Crippen molar-refractivity contribution in [1.82, 2.24) is 0 Å². The molecule has 1 fully saturated rings. The van der Waals surface area contributed by atoms with Crippen molar-refractivity contribution in [3.8, 4) is 0 Å². The quantitative estimate of drug-likeness (QED) is 0.500. The summed E-state index contributed by atoms with van der Waals surface area (Å²) in [5, 5.41) is 0. The molecule has 0 radical (unpaired) electrons. The van der Waals surface area contributed by atoms with E-state index in [0.717, 1.165) is 5.92 Å². The zero-order chi connectivity index (χ0) is 7.94. The van der Waals surface area contributed by atoms with Gasteiger partial charge >= 0.3 is 0 Å². The van der Waals surface area contributed by atoms with Gasteiger partial charge in [-0.2, -0.15) is 0 Å². The molecule has 0 spiro atoms. The fourth-order valence-corrected chi connectivity index (χ4v) is 1.82. The SMILES string of the molecule is C=C=CC1CCCCCCC1. The molecule has 11 heavy (non-hydrogen) atoms. The van der Waals surface area contributed by atoms with E-state index >= 15 is 0 Å². The highest BCUT2D eigenvalue weighted by Crippen LogP contribution is 2.22. The van der Waals surface area contributed by atoms with Crippen LogP contribution in [0.4, 0.5) is 0 Å². The van der Waals surface area contributed by atoms with Crippen molar-refractivity contribution in [2.45, 2.75) is 44.9 Å². The molecular weight excluding hydrogens is 132 g/mol. The van der Waals surface area contributed by atoms with Crippen LogP contribution in [0, 0.1) is 5.92 Å². The van der Waals surface area contributed by atoms with E-state index < -0.39 is 0 Å². The van der Waals surface area contributed by atoms with Crippen molar-refractivity contribution in [3.63, 3.8) is 0 Å². The molecule has 0 nitrogen and oxygen atoms in total. The normalized spacial score (nSPS) is 21.5. The van der Waals surface area contributed by atoms with Crippen LogP contribution in [-0.4, -0.2) is 0 Å². The predicted molar refractivity (Wildman–Crippen MR) is 49.5 cm³/mol. The molecule has 0 bridgehead atoms. The van der Waals surface area contributed by atoms with Gasteiger partial charge in [0, 0.05) is 0 Å². The van der Waals surface area contributed by atoms with E-state index in [-0.39, 0.29) is 0 Å². The molecule has 62 valence electrons. The highest BCUT2D eigenvalue weighted by Gasteiger charge is 2.06. The minimum atomic E-state index is 0.785. The molecule has 0 aromatic rings. The number of allylic oxidation sites excluding steroid dienone is 1. The number of hydrogen-bond donors (Lipinski definition) is 0. The molecule has 1 aliphatic carbocycles. The first-order valence-electron chi connectivity index (χ1n) is 4.79. The predicted octanol–water partition coefficient (Wildman–Crippen LogP) is 3.69. The van der Waals surface area contributed by atoms with Crippen LogP contribution in [0.3, 0.4) is 0 Å². The summed E-state index contributed by atoms with van der Waals surface area (Å²) < 4.78 is 0. The molecule has 0 unspecified atom stereocenters. The van der Waals surface area contributed by atoms with E-state index in [0.29, 0.717) is 0 Å². The van der Waals surface area contributed by atoms with Gasteiger partial charge in [0.15, 0.2) is 0 Å². The van der Waals surface area contributed by atoms with Crippen molar-refractivity contribution in [3.05, 3.63) is 18.4 Å². The summed E-state index contributed by atoms with van der Waals surface area (Å²) in [5.74, 6) is 0.785. The molecule has 1 saturated carbocycles. The maximum absolute atomic E-state index is 3.63. The van der Waals surface area contributed by atoms with Crippen LogP contribution in [-0.2, 0) is 0 Å². The van der Waals surface area contributed by atoms with Gasteiger partial charge in [0.05, 0.1) is 0 Å². The Morgan fingerprint density at radius 3 is 2.09 bits per heavy atom. The van der Waals surface area contributed by atoms with Gasteiger partial charge in [-0.15, -0.1) is 5.73 Å². The Balaban J connectivity index is 2.31. The Morgan fingerprint density at radius 2 is 1.55 bits per heavy atom. The van der Waals surface area contributed by atoms with Gasteiger partial charge < -0.3 is 0 Å². The second-order valence-corrected chi connectivity index (χ2v) is 3.48. The molecule has 1 rings (SSSR count). The molecule has 0 atom stereocenters. The van der Waals surface area contributed by atoms with Crippen LogP contribution >= 0.6 is 0 Å². The lowest BCUT2D eigenvalue weighted by atomic mass is 9.91. The van der Waals surface area contributed by atoms with E-state index in [9.17, 15) is 0 Å². The topological polar surface area (TPSA) is 0 Å². The minimum Gasteiger partial charge on any atom is -0.133 e. The van der Waals surface area contributed by atoms with Crippen molar-refractivity contribution in [2.24, 2.45) is 5.92 Å². The molecule has 0 heteroatoms. The summed E-state index contributed by atoms with van der Waals surface area (Å²) in [6.45, 7) is 3.63. The van der Waals surface area contributed by atoms with Crippen LogP contribution in [0.2, 0.25) is 0 Å². The van der Waals surface area contributed by atoms with E-state index in [4.69, 9.17) is 0 Å². The fourth-order valence-electron chi connectivity index (χ4n) is 1.82. The Morgan fingerprint density at radius 1 is 1.00 bits per heavy atom. The van der Waals surface area contributed by atoms with Gasteiger partial charge in [0.1, 0.15) is 0 Å². The van der Waals surface area contributed by atoms with Crippen LogP contribution < -0.4 is 0 Å². The average molecular weight is 150 g/mol. The van der Waals surface area contributed by atoms with E-state index in [1.165, 1.54) is 44.9 Å². The maximum atomic E-state index is 3.63. The standard InChI is InChI=1S/C11H18/c1-2-8-11-9-6-4-3-5-7-10-11/h8,11H,1,3-7,9-10H2. The van der Waals surface area contributed by atoms with E-state index in [1.54, 1.807) is 0 Å². The lowest BCUT2D eigenvalue weighted by molar-refractivity contribution is 0.435. The lowest BCUT2D eigenvalue weighted by Crippen LogP contribution is -1.99. The zero-order valence-corrected chi connectivity index (χ0v) is 7.31. The molecule has 0 saturated heterocycles. The summed E-state index contributed by atoms with van der Waals surface area (Å²) in [4.78, 5) is 0. The monoisotopic (exact) mass is 150 g/mol. The smallest absolute Gasteiger partial charge is 0.0158 e. The Kier molecular flexibility index (Phi) is 4.08. The second kappa shape index (κ2) is 5.21. The third kappa shape index (κ3) is 3.43. The second-order valence-electron chi connectivity index (χ2n) is 3.48. The summed E-state index contributed by atoms with van der Waals surface area (Å²) in [6.07, 6.45) is 12.0. The Labute approximate surface area is 70.0 Å². The molecule has 0 aliphatic heterocycles. The average Bonchev–Trinajstić information content (AvgIpc) is 1.94. The largest absolute Gasteiger partial charge is 0.133 e. The summed E-state index contributed by atoms with van der Waals surface area (Å²) in [7, 11) is 0. The van der Waals surface area contributed by atoms with Crippen LogP contribution in [0.25, 0.3) is 0 Å². The third-order valence-electron chi connectivity index (χ3n) is 2.50. The Hall–Kier alpha value is -0.480. The lowest BCUT2D eigenvalue weighted by Gasteiger charge is -2.14. The van der Waals surface area contributed by atoms with Gasteiger partial charge in [-0.3, -0.25) is 0 Å². The van der Waals surface area contributed by atoms with Crippen LogP contribution in [0.15, 0.2) is 18.4 Å². The van der Waals surface area contributed by atoms with E-state index in [1.807, 2.05) is 0 Å². The van der Waals surface area contributed by atoms with Crippen LogP contribution in [0.1, 0.15) is 44.9 Å². The van der Waals surface area contributed by atoms with E-state index in [2.05, 4.69) is 18.4 Å². The van der Waals surface area contributed by atoms with Crippen LogP contribution in [0.5, 0.6) is 0 Å². The first-order chi connectivity index (χ1) is 5.43. The van der Waals surface area contributed by atoms with Crippen molar-refractivity contribution >= 4 is 0 Å². The van der Waals surface area contributed by atoms with Gasteiger partial charge in [0.25, 0.3) is 0 Å².